The lowest BCUT2D eigenvalue weighted by atomic mass is 9.95. The van der Waals surface area contributed by atoms with Crippen LogP contribution in [0.5, 0.6) is 0 Å². The van der Waals surface area contributed by atoms with Crippen LogP contribution in [0.25, 0.3) is 0 Å². The van der Waals surface area contributed by atoms with Gasteiger partial charge in [-0.2, -0.15) is 0 Å². The lowest BCUT2D eigenvalue weighted by molar-refractivity contribution is -0.133. The highest BCUT2D eigenvalue weighted by molar-refractivity contribution is 5.76. The molecule has 1 atom stereocenters. The van der Waals surface area contributed by atoms with Crippen molar-refractivity contribution in [1.29, 1.82) is 0 Å². The van der Waals surface area contributed by atoms with E-state index in [2.05, 4.69) is 17.3 Å². The van der Waals surface area contributed by atoms with E-state index in [-0.39, 0.29) is 12.0 Å². The quantitative estimate of drug-likeness (QED) is 0.870. The van der Waals surface area contributed by atoms with Gasteiger partial charge in [0.1, 0.15) is 5.76 Å². The van der Waals surface area contributed by atoms with Gasteiger partial charge >= 0.3 is 0 Å². The topological polar surface area (TPSA) is 55.6 Å². The van der Waals surface area contributed by atoms with Crippen LogP contribution in [0, 0.1) is 13.8 Å². The number of hydrogen-bond acceptors (Lipinski definition) is 4. The van der Waals surface area contributed by atoms with Gasteiger partial charge in [-0.25, -0.2) is 0 Å². The maximum atomic E-state index is 12.6. The Kier molecular flexibility index (Phi) is 4.48. The second kappa shape index (κ2) is 6.54. The average Bonchev–Trinajstić information content (AvgIpc) is 2.87. The van der Waals surface area contributed by atoms with E-state index in [0.29, 0.717) is 19.6 Å². The first-order valence-corrected chi connectivity index (χ1v) is 7.91. The summed E-state index contributed by atoms with van der Waals surface area (Å²) in [7, 11) is 1.81. The van der Waals surface area contributed by atoms with Crippen LogP contribution in [-0.2, 0) is 22.5 Å². The van der Waals surface area contributed by atoms with Gasteiger partial charge in [-0.3, -0.25) is 4.79 Å². The largest absolute Gasteiger partial charge is 0.373 e. The molecule has 1 aromatic heterocycles. The molecule has 1 aliphatic rings. The Balaban J connectivity index is 1.68. The predicted octanol–water partition coefficient (Wildman–Crippen LogP) is 2.95. The van der Waals surface area contributed by atoms with Crippen LogP contribution in [0.15, 0.2) is 28.8 Å². The molecule has 3 rings (SSSR count). The molecule has 1 aliphatic heterocycles. The summed E-state index contributed by atoms with van der Waals surface area (Å²) in [5, 5.41) is 3.94. The Bertz CT molecular complexity index is 689. The molecule has 5 heteroatoms. The fourth-order valence-electron chi connectivity index (χ4n) is 3.01. The maximum Gasteiger partial charge on any atom is 0.225 e. The van der Waals surface area contributed by atoms with Crippen LogP contribution < -0.4 is 0 Å². The van der Waals surface area contributed by atoms with Gasteiger partial charge in [-0.15, -0.1) is 0 Å². The first-order valence-electron chi connectivity index (χ1n) is 7.91. The van der Waals surface area contributed by atoms with E-state index in [1.54, 1.807) is 4.90 Å². The molecular formula is C18H22N2O3. The average molecular weight is 314 g/mol. The number of hydrogen-bond donors (Lipinski definition) is 0. The minimum atomic E-state index is -0.153. The Hall–Kier alpha value is -2.14. The zero-order valence-corrected chi connectivity index (χ0v) is 13.8. The summed E-state index contributed by atoms with van der Waals surface area (Å²) in [5.74, 6) is 0.827. The van der Waals surface area contributed by atoms with Crippen LogP contribution in [0.4, 0.5) is 0 Å². The highest BCUT2D eigenvalue weighted by atomic mass is 16.5. The van der Waals surface area contributed by atoms with Crippen molar-refractivity contribution in [3.8, 4) is 0 Å². The lowest BCUT2D eigenvalue weighted by Gasteiger charge is -2.27. The Morgan fingerprint density at radius 1 is 1.35 bits per heavy atom. The highest BCUT2D eigenvalue weighted by Gasteiger charge is 2.25. The van der Waals surface area contributed by atoms with Crippen molar-refractivity contribution in [1.82, 2.24) is 10.1 Å². The first-order chi connectivity index (χ1) is 11.1. The summed E-state index contributed by atoms with van der Waals surface area (Å²) in [6.07, 6.45) is 1.12. The van der Waals surface area contributed by atoms with E-state index in [0.717, 1.165) is 29.0 Å². The van der Waals surface area contributed by atoms with Gasteiger partial charge in [0.05, 0.1) is 31.4 Å². The van der Waals surface area contributed by atoms with Crippen molar-refractivity contribution in [3.05, 3.63) is 52.4 Å². The zero-order valence-electron chi connectivity index (χ0n) is 13.8. The van der Waals surface area contributed by atoms with Gasteiger partial charge < -0.3 is 14.2 Å². The molecule has 0 fully saturated rings. The van der Waals surface area contributed by atoms with Crippen molar-refractivity contribution in [2.24, 2.45) is 0 Å². The smallest absolute Gasteiger partial charge is 0.225 e. The van der Waals surface area contributed by atoms with E-state index in [1.165, 1.54) is 5.56 Å². The molecule has 0 spiro atoms. The third-order valence-corrected chi connectivity index (χ3v) is 4.45. The normalized spacial score (nSPS) is 16.9. The number of aryl methyl sites for hydroxylation is 2. The fourth-order valence-corrected chi connectivity index (χ4v) is 3.01. The Labute approximate surface area is 136 Å². The maximum absolute atomic E-state index is 12.6. The van der Waals surface area contributed by atoms with Crippen LogP contribution in [0.3, 0.4) is 0 Å². The van der Waals surface area contributed by atoms with Gasteiger partial charge in [-0.05, 0) is 31.4 Å². The van der Waals surface area contributed by atoms with Gasteiger partial charge in [-0.1, -0.05) is 29.4 Å². The molecule has 0 bridgehead atoms. The van der Waals surface area contributed by atoms with E-state index < -0.39 is 0 Å². The molecule has 0 N–H and O–H groups in total. The number of benzene rings is 1. The van der Waals surface area contributed by atoms with Gasteiger partial charge in [0.15, 0.2) is 0 Å². The molecule has 2 heterocycles. The summed E-state index contributed by atoms with van der Waals surface area (Å²) in [5.41, 5.74) is 4.23. The van der Waals surface area contributed by atoms with E-state index in [1.807, 2.05) is 33.0 Å². The van der Waals surface area contributed by atoms with Crippen molar-refractivity contribution < 1.29 is 14.1 Å². The molecule has 23 heavy (non-hydrogen) atoms. The number of amides is 1. The van der Waals surface area contributed by atoms with E-state index in [4.69, 9.17) is 9.26 Å². The number of fused-ring (bicyclic) bond motifs is 1. The number of carbonyl (C=O) groups excluding carboxylic acids is 1. The standard InChI is InChI=1S/C18H22N2O3/c1-12-16(13(2)23-19-12)11-20(3)18(21)10-17-15-7-5-4-6-14(15)8-9-22-17/h4-7,17H,8-11H2,1-3H3/t17-/m0/s1. The summed E-state index contributed by atoms with van der Waals surface area (Å²) in [4.78, 5) is 14.3. The molecule has 0 saturated carbocycles. The molecule has 0 radical (unpaired) electrons. The molecule has 0 unspecified atom stereocenters. The van der Waals surface area contributed by atoms with Crippen molar-refractivity contribution in [2.45, 2.75) is 39.3 Å². The molecule has 122 valence electrons. The molecule has 0 aliphatic carbocycles. The third kappa shape index (κ3) is 3.29. The van der Waals surface area contributed by atoms with Crippen LogP contribution >= 0.6 is 0 Å². The molecule has 5 nitrogen and oxygen atoms in total. The van der Waals surface area contributed by atoms with Crippen LogP contribution in [-0.4, -0.2) is 29.6 Å². The van der Waals surface area contributed by atoms with E-state index in [9.17, 15) is 4.79 Å². The monoisotopic (exact) mass is 314 g/mol. The summed E-state index contributed by atoms with van der Waals surface area (Å²) >= 11 is 0. The molecule has 1 amide bonds. The molecule has 1 aromatic carbocycles. The van der Waals surface area contributed by atoms with Crippen LogP contribution in [0.1, 0.15) is 40.7 Å². The summed E-state index contributed by atoms with van der Waals surface area (Å²) < 4.78 is 11.0. The number of carbonyl (C=O) groups is 1. The number of aromatic nitrogens is 1. The van der Waals surface area contributed by atoms with Gasteiger partial charge in [0.25, 0.3) is 0 Å². The van der Waals surface area contributed by atoms with Crippen molar-refractivity contribution >= 4 is 5.91 Å². The second-order valence-electron chi connectivity index (χ2n) is 6.06. The highest BCUT2D eigenvalue weighted by Crippen LogP contribution is 2.30. The molecule has 2 aromatic rings. The number of nitrogens with zero attached hydrogens (tertiary/aromatic N) is 2. The van der Waals surface area contributed by atoms with E-state index >= 15 is 0 Å². The van der Waals surface area contributed by atoms with Crippen molar-refractivity contribution in [3.63, 3.8) is 0 Å². The van der Waals surface area contributed by atoms with Crippen molar-refractivity contribution in [2.75, 3.05) is 13.7 Å². The molecule has 0 saturated heterocycles. The van der Waals surface area contributed by atoms with Gasteiger partial charge in [0, 0.05) is 12.6 Å². The lowest BCUT2D eigenvalue weighted by Crippen LogP contribution is -2.30. The minimum absolute atomic E-state index is 0.0618. The zero-order chi connectivity index (χ0) is 16.4. The fraction of sp³-hybridized carbons (Fsp3) is 0.444. The second-order valence-corrected chi connectivity index (χ2v) is 6.06. The summed E-state index contributed by atoms with van der Waals surface area (Å²) in [6.45, 7) is 4.94. The Morgan fingerprint density at radius 2 is 2.13 bits per heavy atom. The number of rotatable bonds is 4. The minimum Gasteiger partial charge on any atom is -0.373 e. The predicted molar refractivity (Wildman–Crippen MR) is 85.9 cm³/mol. The van der Waals surface area contributed by atoms with Gasteiger partial charge in [0.2, 0.25) is 5.91 Å². The first kappa shape index (κ1) is 15.7. The SMILES string of the molecule is Cc1noc(C)c1CN(C)C(=O)C[C@@H]1OCCc2ccccc21. The van der Waals surface area contributed by atoms with Crippen LogP contribution in [0.2, 0.25) is 0 Å². The Morgan fingerprint density at radius 3 is 2.87 bits per heavy atom. The molecular weight excluding hydrogens is 292 g/mol. The number of ether oxygens (including phenoxy) is 1. The summed E-state index contributed by atoms with van der Waals surface area (Å²) in [6, 6.07) is 8.20. The third-order valence-electron chi connectivity index (χ3n) is 4.45.